The monoisotopic (exact) mass is 438 g/mol. The molecule has 4 rings (SSSR count). The van der Waals surface area contributed by atoms with Gasteiger partial charge < -0.3 is 31.1 Å². The quantitative estimate of drug-likeness (QED) is 0.513. The van der Waals surface area contributed by atoms with Crippen molar-refractivity contribution in [2.75, 3.05) is 44.6 Å². The van der Waals surface area contributed by atoms with Crippen molar-refractivity contribution in [2.24, 2.45) is 5.73 Å². The van der Waals surface area contributed by atoms with E-state index < -0.39 is 5.60 Å². The highest BCUT2D eigenvalue weighted by atomic mass is 16.3. The molecule has 0 bridgehead atoms. The molecule has 1 aliphatic carbocycles. The number of piperazine rings is 1. The van der Waals surface area contributed by atoms with Crippen LogP contribution in [0.2, 0.25) is 0 Å². The third kappa shape index (κ3) is 4.62. The second kappa shape index (κ2) is 9.28. The first-order chi connectivity index (χ1) is 15.4. The highest BCUT2D eigenvalue weighted by molar-refractivity contribution is 5.95. The second-order valence-corrected chi connectivity index (χ2v) is 8.42. The van der Waals surface area contributed by atoms with Gasteiger partial charge in [-0.2, -0.15) is 0 Å². The minimum absolute atomic E-state index is 0.0504. The predicted molar refractivity (Wildman–Crippen MR) is 122 cm³/mol. The molecule has 0 aromatic heterocycles. The van der Waals surface area contributed by atoms with Crippen LogP contribution >= 0.6 is 0 Å². The van der Waals surface area contributed by atoms with E-state index in [1.807, 2.05) is 42.5 Å². The Labute approximate surface area is 187 Å². The molecule has 1 saturated heterocycles. The summed E-state index contributed by atoms with van der Waals surface area (Å²) in [6, 6.07) is 13.4. The summed E-state index contributed by atoms with van der Waals surface area (Å²) >= 11 is 0. The molecular formula is C24H30N4O4. The fourth-order valence-electron chi connectivity index (χ4n) is 4.03. The van der Waals surface area contributed by atoms with Gasteiger partial charge in [0, 0.05) is 50.5 Å². The maximum absolute atomic E-state index is 12.9. The molecule has 1 heterocycles. The van der Waals surface area contributed by atoms with Crippen molar-refractivity contribution in [3.63, 3.8) is 0 Å². The van der Waals surface area contributed by atoms with E-state index in [9.17, 15) is 14.7 Å². The molecule has 0 unspecified atom stereocenters. The normalized spacial score (nSPS) is 17.2. The first kappa shape index (κ1) is 22.3. The summed E-state index contributed by atoms with van der Waals surface area (Å²) in [5, 5.41) is 22.2. The number of hydrogen-bond acceptors (Lipinski definition) is 6. The molecule has 32 heavy (non-hydrogen) atoms. The van der Waals surface area contributed by atoms with Crippen LogP contribution in [0.1, 0.15) is 28.8 Å². The van der Waals surface area contributed by atoms with Crippen molar-refractivity contribution in [3.8, 4) is 11.1 Å². The fraction of sp³-hybridized carbons (Fsp3) is 0.417. The molecule has 5 N–H and O–H groups in total. The van der Waals surface area contributed by atoms with Gasteiger partial charge in [0.15, 0.2) is 0 Å². The lowest BCUT2D eigenvalue weighted by molar-refractivity contribution is -0.143. The zero-order chi connectivity index (χ0) is 22.7. The lowest BCUT2D eigenvalue weighted by Crippen LogP contribution is -2.53. The molecule has 1 saturated carbocycles. The summed E-state index contributed by atoms with van der Waals surface area (Å²) in [6.45, 7) is 2.72. The Balaban J connectivity index is 1.39. The van der Waals surface area contributed by atoms with Crippen LogP contribution in [0.25, 0.3) is 11.1 Å². The van der Waals surface area contributed by atoms with Gasteiger partial charge in [-0.3, -0.25) is 9.59 Å². The van der Waals surface area contributed by atoms with E-state index in [1.165, 1.54) is 0 Å². The Kier molecular flexibility index (Phi) is 6.45. The number of amides is 2. The zero-order valence-corrected chi connectivity index (χ0v) is 18.1. The lowest BCUT2D eigenvalue weighted by Gasteiger charge is -2.35. The predicted octanol–water partition coefficient (Wildman–Crippen LogP) is 1.03. The van der Waals surface area contributed by atoms with Gasteiger partial charge in [0.25, 0.3) is 11.8 Å². The summed E-state index contributed by atoms with van der Waals surface area (Å²) in [5.41, 5.74) is 9.18. The summed E-state index contributed by atoms with van der Waals surface area (Å²) in [7, 11) is 0. The van der Waals surface area contributed by atoms with Crippen LogP contribution in [0.5, 0.6) is 0 Å². The summed E-state index contributed by atoms with van der Waals surface area (Å²) in [6.07, 6.45) is 1.07. The molecular weight excluding hydrogens is 408 g/mol. The third-order valence-electron chi connectivity index (χ3n) is 6.19. The molecule has 2 amide bonds. The largest absolute Gasteiger partial charge is 0.395 e. The molecule has 2 fully saturated rings. The molecule has 2 aliphatic rings. The highest BCUT2D eigenvalue weighted by Gasteiger charge is 2.50. The molecule has 170 valence electrons. The van der Waals surface area contributed by atoms with Gasteiger partial charge in [0.2, 0.25) is 0 Å². The maximum Gasteiger partial charge on any atom is 0.254 e. The Bertz CT molecular complexity index is 980. The molecule has 0 radical (unpaired) electrons. The second-order valence-electron chi connectivity index (χ2n) is 8.42. The average molecular weight is 439 g/mol. The lowest BCUT2D eigenvalue weighted by atomic mass is 10.00. The van der Waals surface area contributed by atoms with Gasteiger partial charge in [-0.05, 0) is 53.8 Å². The first-order valence-corrected chi connectivity index (χ1v) is 11.0. The number of rotatable bonds is 7. The van der Waals surface area contributed by atoms with Crippen LogP contribution in [0.3, 0.4) is 0 Å². The van der Waals surface area contributed by atoms with E-state index in [0.29, 0.717) is 57.7 Å². The van der Waals surface area contributed by atoms with Crippen LogP contribution in [-0.2, 0) is 11.3 Å². The average Bonchev–Trinajstić information content (AvgIpc) is 3.60. The first-order valence-electron chi connectivity index (χ1n) is 11.0. The molecule has 8 nitrogen and oxygen atoms in total. The number of carbonyl (C=O) groups excluding carboxylic acids is 2. The maximum atomic E-state index is 12.9. The number of aliphatic hydroxyl groups is 2. The third-order valence-corrected chi connectivity index (χ3v) is 6.19. The smallest absolute Gasteiger partial charge is 0.254 e. The van der Waals surface area contributed by atoms with Crippen molar-refractivity contribution < 1.29 is 19.8 Å². The topological polar surface area (TPSA) is 119 Å². The number of anilines is 1. The molecule has 0 atom stereocenters. The van der Waals surface area contributed by atoms with Gasteiger partial charge in [0.1, 0.15) is 5.60 Å². The number of benzene rings is 2. The Morgan fingerprint density at radius 1 is 0.969 bits per heavy atom. The van der Waals surface area contributed by atoms with Crippen molar-refractivity contribution in [1.29, 1.82) is 0 Å². The van der Waals surface area contributed by atoms with Crippen molar-refractivity contribution in [2.45, 2.75) is 25.0 Å². The molecule has 0 spiro atoms. The zero-order valence-electron chi connectivity index (χ0n) is 18.1. The molecule has 2 aromatic rings. The standard InChI is InChI=1S/C24H30N4O4/c25-16-20-15-19(5-6-21(20)26-9-14-29)17-1-3-18(4-2-17)22(30)27-10-12-28(13-11-27)23(31)24(32)7-8-24/h1-6,15,26,29,32H,7-14,16,25H2. The van der Waals surface area contributed by atoms with Crippen LogP contribution in [0.4, 0.5) is 5.69 Å². The number of nitrogens with two attached hydrogens (primary N) is 1. The van der Waals surface area contributed by atoms with Crippen LogP contribution in [0.15, 0.2) is 42.5 Å². The minimum Gasteiger partial charge on any atom is -0.395 e. The number of aliphatic hydroxyl groups excluding tert-OH is 1. The van der Waals surface area contributed by atoms with Crippen molar-refractivity contribution in [1.82, 2.24) is 9.80 Å². The number of nitrogens with one attached hydrogen (secondary N) is 1. The number of nitrogens with zero attached hydrogens (tertiary/aromatic N) is 2. The fourth-order valence-corrected chi connectivity index (χ4v) is 4.03. The van der Waals surface area contributed by atoms with Crippen molar-refractivity contribution >= 4 is 17.5 Å². The van der Waals surface area contributed by atoms with E-state index >= 15 is 0 Å². The van der Waals surface area contributed by atoms with Gasteiger partial charge >= 0.3 is 0 Å². The number of hydrogen-bond donors (Lipinski definition) is 4. The summed E-state index contributed by atoms with van der Waals surface area (Å²) < 4.78 is 0. The van der Waals surface area contributed by atoms with Gasteiger partial charge in [-0.1, -0.05) is 18.2 Å². The van der Waals surface area contributed by atoms with Gasteiger partial charge in [0.05, 0.1) is 6.61 Å². The summed E-state index contributed by atoms with van der Waals surface area (Å²) in [4.78, 5) is 28.6. The number of carbonyl (C=O) groups is 2. The van der Waals surface area contributed by atoms with E-state index in [1.54, 1.807) is 9.80 Å². The van der Waals surface area contributed by atoms with Crippen LogP contribution < -0.4 is 11.1 Å². The van der Waals surface area contributed by atoms with E-state index in [-0.39, 0.29) is 18.4 Å². The van der Waals surface area contributed by atoms with E-state index in [2.05, 4.69) is 5.32 Å². The van der Waals surface area contributed by atoms with Crippen LogP contribution in [0, 0.1) is 0 Å². The Morgan fingerprint density at radius 3 is 2.19 bits per heavy atom. The van der Waals surface area contributed by atoms with E-state index in [4.69, 9.17) is 10.8 Å². The molecule has 1 aliphatic heterocycles. The molecule has 2 aromatic carbocycles. The van der Waals surface area contributed by atoms with Gasteiger partial charge in [-0.25, -0.2) is 0 Å². The Hall–Kier alpha value is -2.94. The minimum atomic E-state index is -1.15. The Morgan fingerprint density at radius 2 is 1.59 bits per heavy atom. The van der Waals surface area contributed by atoms with Crippen LogP contribution in [-0.4, -0.2) is 76.8 Å². The summed E-state index contributed by atoms with van der Waals surface area (Å²) in [5.74, 6) is -0.261. The van der Waals surface area contributed by atoms with Gasteiger partial charge in [-0.15, -0.1) is 0 Å². The van der Waals surface area contributed by atoms with Crippen molar-refractivity contribution in [3.05, 3.63) is 53.6 Å². The molecule has 8 heteroatoms. The van der Waals surface area contributed by atoms with E-state index in [0.717, 1.165) is 22.4 Å². The SMILES string of the molecule is NCc1cc(-c2ccc(C(=O)N3CCN(C(=O)C4(O)CC4)CC3)cc2)ccc1NCCO. The highest BCUT2D eigenvalue weighted by Crippen LogP contribution is 2.37.